The van der Waals surface area contributed by atoms with Crippen molar-refractivity contribution in [1.82, 2.24) is 5.32 Å². The van der Waals surface area contributed by atoms with Crippen LogP contribution in [-0.4, -0.2) is 25.8 Å². The lowest BCUT2D eigenvalue weighted by molar-refractivity contribution is -0.107. The average Bonchev–Trinajstić information content (AvgIpc) is 2.28. The van der Waals surface area contributed by atoms with E-state index >= 15 is 0 Å². The maximum absolute atomic E-state index is 11.6. The van der Waals surface area contributed by atoms with Crippen LogP contribution in [-0.2, 0) is 4.79 Å². The van der Waals surface area contributed by atoms with Crippen molar-refractivity contribution in [3.05, 3.63) is 22.2 Å². The fourth-order valence-corrected chi connectivity index (χ4v) is 1.49. The number of halogens is 2. The van der Waals surface area contributed by atoms with Crippen molar-refractivity contribution in [3.63, 3.8) is 0 Å². The number of ether oxygens (including phenoxy) is 1. The van der Waals surface area contributed by atoms with Gasteiger partial charge in [0.1, 0.15) is 12.0 Å². The number of nitrogens with one attached hydrogen (secondary N) is 1. The van der Waals surface area contributed by atoms with Crippen molar-refractivity contribution in [2.75, 3.05) is 19.4 Å². The summed E-state index contributed by atoms with van der Waals surface area (Å²) in [7, 11) is 1.44. The Morgan fingerprint density at radius 2 is 2.24 bits per heavy atom. The maximum Gasteiger partial charge on any atom is 0.255 e. The van der Waals surface area contributed by atoms with Crippen LogP contribution < -0.4 is 15.8 Å². The van der Waals surface area contributed by atoms with Gasteiger partial charge in [-0.2, -0.15) is 0 Å². The quantitative estimate of drug-likeness (QED) is 0.648. The Kier molecular flexibility index (Phi) is 6.60. The molecule has 0 aliphatic rings. The molecule has 0 radical (unpaired) electrons. The van der Waals surface area contributed by atoms with E-state index in [0.29, 0.717) is 27.8 Å². The number of carbonyl (C=O) groups is 2. The summed E-state index contributed by atoms with van der Waals surface area (Å²) in [5.41, 5.74) is 6.45. The Hall–Kier alpha value is -1.27. The molecule has 0 aliphatic carbocycles. The molecular weight excluding hydrogens is 311 g/mol. The molecule has 0 aliphatic heterocycles. The number of nitrogens with two attached hydrogens (primary N) is 1. The molecule has 1 aromatic carbocycles. The highest BCUT2D eigenvalue weighted by Crippen LogP contribution is 2.28. The first-order valence-electron chi connectivity index (χ1n) is 4.45. The first-order chi connectivity index (χ1) is 7.60. The summed E-state index contributed by atoms with van der Waals surface area (Å²) < 4.78 is 5.63. The lowest BCUT2D eigenvalue weighted by atomic mass is 10.1. The first kappa shape index (κ1) is 15.7. The Labute approximate surface area is 113 Å². The second-order valence-electron chi connectivity index (χ2n) is 2.95. The van der Waals surface area contributed by atoms with E-state index in [9.17, 15) is 9.59 Å². The highest BCUT2D eigenvalue weighted by atomic mass is 79.9. The smallest absolute Gasteiger partial charge is 0.255 e. The standard InChI is InChI=1S/C10H11BrN2O3.ClH/c1-16-9-5-8(12)7(11)4-6(9)10(15)13-2-3-14;/h3-5H,2,12H2,1H3,(H,13,15);1H. The van der Waals surface area contributed by atoms with Gasteiger partial charge in [0, 0.05) is 16.2 Å². The number of hydrogen-bond acceptors (Lipinski definition) is 4. The molecule has 0 atom stereocenters. The van der Waals surface area contributed by atoms with Gasteiger partial charge >= 0.3 is 0 Å². The lowest BCUT2D eigenvalue weighted by Gasteiger charge is -2.10. The Morgan fingerprint density at radius 3 is 2.76 bits per heavy atom. The average molecular weight is 324 g/mol. The van der Waals surface area contributed by atoms with E-state index in [1.54, 1.807) is 12.1 Å². The minimum atomic E-state index is -0.385. The van der Waals surface area contributed by atoms with E-state index in [1.807, 2.05) is 0 Å². The van der Waals surface area contributed by atoms with E-state index < -0.39 is 0 Å². The summed E-state index contributed by atoms with van der Waals surface area (Å²) >= 11 is 3.22. The summed E-state index contributed by atoms with van der Waals surface area (Å²) in [6, 6.07) is 3.09. The molecule has 1 amide bonds. The Morgan fingerprint density at radius 1 is 1.59 bits per heavy atom. The SMILES string of the molecule is COc1cc(N)c(Br)cc1C(=O)NCC=O.Cl. The normalized spacial score (nSPS) is 9.06. The topological polar surface area (TPSA) is 81.4 Å². The highest BCUT2D eigenvalue weighted by molar-refractivity contribution is 9.10. The van der Waals surface area contributed by atoms with E-state index in [-0.39, 0.29) is 24.9 Å². The zero-order chi connectivity index (χ0) is 12.1. The van der Waals surface area contributed by atoms with Gasteiger partial charge in [0.2, 0.25) is 0 Å². The minimum Gasteiger partial charge on any atom is -0.496 e. The van der Waals surface area contributed by atoms with Crippen LogP contribution in [0.2, 0.25) is 0 Å². The molecule has 0 heterocycles. The van der Waals surface area contributed by atoms with E-state index in [4.69, 9.17) is 10.5 Å². The third-order valence-corrected chi connectivity index (χ3v) is 2.60. The van der Waals surface area contributed by atoms with Crippen molar-refractivity contribution < 1.29 is 14.3 Å². The summed E-state index contributed by atoms with van der Waals surface area (Å²) in [5, 5.41) is 2.42. The van der Waals surface area contributed by atoms with Crippen LogP contribution >= 0.6 is 28.3 Å². The van der Waals surface area contributed by atoms with Gasteiger partial charge in [-0.25, -0.2) is 0 Å². The monoisotopic (exact) mass is 322 g/mol. The molecule has 0 saturated carbocycles. The Balaban J connectivity index is 0.00000256. The predicted octanol–water partition coefficient (Wildman–Crippen LogP) is 1.39. The van der Waals surface area contributed by atoms with Crippen LogP contribution in [0.5, 0.6) is 5.75 Å². The number of hydrogen-bond donors (Lipinski definition) is 2. The molecule has 1 rings (SSSR count). The van der Waals surface area contributed by atoms with Crippen molar-refractivity contribution >= 4 is 46.2 Å². The van der Waals surface area contributed by atoms with Gasteiger partial charge in [0.25, 0.3) is 5.91 Å². The number of benzene rings is 1. The first-order valence-corrected chi connectivity index (χ1v) is 5.24. The zero-order valence-electron chi connectivity index (χ0n) is 9.03. The number of rotatable bonds is 4. The molecule has 0 saturated heterocycles. The summed E-state index contributed by atoms with van der Waals surface area (Å²) in [6.07, 6.45) is 0.608. The molecule has 0 aromatic heterocycles. The van der Waals surface area contributed by atoms with E-state index in [2.05, 4.69) is 21.2 Å². The van der Waals surface area contributed by atoms with E-state index in [0.717, 1.165) is 0 Å². The molecule has 5 nitrogen and oxygen atoms in total. The van der Waals surface area contributed by atoms with Crippen molar-refractivity contribution in [2.24, 2.45) is 0 Å². The summed E-state index contributed by atoms with van der Waals surface area (Å²) in [6.45, 7) is -0.0377. The lowest BCUT2D eigenvalue weighted by Crippen LogP contribution is -2.25. The Bertz CT molecular complexity index is 426. The molecule has 17 heavy (non-hydrogen) atoms. The molecule has 1 aromatic rings. The van der Waals surface area contributed by atoms with Crippen LogP contribution in [0, 0.1) is 0 Å². The van der Waals surface area contributed by atoms with Gasteiger partial charge in [-0.05, 0) is 22.0 Å². The molecule has 7 heteroatoms. The van der Waals surface area contributed by atoms with Crippen LogP contribution in [0.4, 0.5) is 5.69 Å². The molecule has 0 bridgehead atoms. The largest absolute Gasteiger partial charge is 0.496 e. The zero-order valence-corrected chi connectivity index (χ0v) is 11.4. The number of aldehydes is 1. The second kappa shape index (κ2) is 7.13. The second-order valence-corrected chi connectivity index (χ2v) is 3.81. The van der Waals surface area contributed by atoms with Crippen LogP contribution in [0.25, 0.3) is 0 Å². The number of carbonyl (C=O) groups excluding carboxylic acids is 2. The molecule has 0 spiro atoms. The van der Waals surface area contributed by atoms with Gasteiger partial charge < -0.3 is 20.6 Å². The number of methoxy groups -OCH3 is 1. The van der Waals surface area contributed by atoms with E-state index in [1.165, 1.54) is 7.11 Å². The van der Waals surface area contributed by atoms with Crippen LogP contribution in [0.3, 0.4) is 0 Å². The van der Waals surface area contributed by atoms with Gasteiger partial charge in [-0.15, -0.1) is 12.4 Å². The van der Waals surface area contributed by atoms with Crippen molar-refractivity contribution in [2.45, 2.75) is 0 Å². The predicted molar refractivity (Wildman–Crippen MR) is 70.8 cm³/mol. The van der Waals surface area contributed by atoms with Crippen LogP contribution in [0.1, 0.15) is 10.4 Å². The molecule has 0 unspecified atom stereocenters. The summed E-state index contributed by atoms with van der Waals surface area (Å²) in [5.74, 6) is -0.0197. The fraction of sp³-hybridized carbons (Fsp3) is 0.200. The summed E-state index contributed by atoms with van der Waals surface area (Å²) in [4.78, 5) is 21.8. The highest BCUT2D eigenvalue weighted by Gasteiger charge is 2.14. The van der Waals surface area contributed by atoms with Crippen molar-refractivity contribution in [3.8, 4) is 5.75 Å². The van der Waals surface area contributed by atoms with Gasteiger partial charge in [-0.1, -0.05) is 0 Å². The fourth-order valence-electron chi connectivity index (χ4n) is 1.15. The van der Waals surface area contributed by atoms with Gasteiger partial charge in [0.15, 0.2) is 0 Å². The molecule has 3 N–H and O–H groups in total. The van der Waals surface area contributed by atoms with Crippen molar-refractivity contribution in [1.29, 1.82) is 0 Å². The molecule has 0 fully saturated rings. The van der Waals surface area contributed by atoms with Gasteiger partial charge in [0.05, 0.1) is 19.2 Å². The maximum atomic E-state index is 11.6. The number of anilines is 1. The molecule has 94 valence electrons. The molecular formula is C10H12BrClN2O3. The van der Waals surface area contributed by atoms with Crippen LogP contribution in [0.15, 0.2) is 16.6 Å². The van der Waals surface area contributed by atoms with Gasteiger partial charge in [-0.3, -0.25) is 4.79 Å². The number of nitrogen functional groups attached to an aromatic ring is 1. The minimum absolute atomic E-state index is 0. The third-order valence-electron chi connectivity index (χ3n) is 1.91. The third kappa shape index (κ3) is 3.90. The number of amides is 1.